The molecule has 1 rings (SSSR count). The molecular weight excluding hydrogens is 220 g/mol. The van der Waals surface area contributed by atoms with E-state index in [1.54, 1.807) is 11.8 Å². The summed E-state index contributed by atoms with van der Waals surface area (Å²) in [5.74, 6) is 1.01. The normalized spacial score (nSPS) is 19.1. The van der Waals surface area contributed by atoms with E-state index < -0.39 is 0 Å². The van der Waals surface area contributed by atoms with Crippen molar-refractivity contribution in [3.63, 3.8) is 0 Å². The smallest absolute Gasteiger partial charge is 0.238 e. The quantitative estimate of drug-likeness (QED) is 0.781. The second-order valence-electron chi connectivity index (χ2n) is 4.14. The van der Waals surface area contributed by atoms with Crippen LogP contribution >= 0.6 is 11.8 Å². The molecule has 96 valence electrons. The van der Waals surface area contributed by atoms with Crippen molar-refractivity contribution in [3.05, 3.63) is 0 Å². The van der Waals surface area contributed by atoms with Crippen LogP contribution in [0.15, 0.2) is 0 Å². The van der Waals surface area contributed by atoms with Gasteiger partial charge in [-0.15, -0.1) is 0 Å². The van der Waals surface area contributed by atoms with Crippen molar-refractivity contribution in [2.24, 2.45) is 0 Å². The molecule has 0 bridgehead atoms. The number of thioether (sulfide) groups is 1. The first kappa shape index (κ1) is 13.8. The van der Waals surface area contributed by atoms with E-state index in [0.29, 0.717) is 6.04 Å². The Morgan fingerprint density at radius 3 is 2.62 bits per heavy atom. The molecule has 0 radical (unpaired) electrons. The standard InChI is InChI=1S/C11H22N2OS.CH4/c1-12-10(8-15-2)11(14)13-9-6-4-3-5-7-9;/h9-10,12H,3-8H2,1-2H3,(H,13,14);1H4/t10-;/m0./s1/i;1D. The lowest BCUT2D eigenvalue weighted by atomic mass is 9.95. The summed E-state index contributed by atoms with van der Waals surface area (Å²) in [6.45, 7) is 0. The van der Waals surface area contributed by atoms with Crippen LogP contribution in [0.4, 0.5) is 0 Å². The number of nitrogens with one attached hydrogen (secondary N) is 2. The van der Waals surface area contributed by atoms with Crippen LogP contribution in [0.3, 0.4) is 0 Å². The average Bonchev–Trinajstić information content (AvgIpc) is 2.39. The number of amides is 1. The molecule has 0 aromatic heterocycles. The molecule has 2 N–H and O–H groups in total. The Balaban J connectivity index is 0.00000121. The van der Waals surface area contributed by atoms with Crippen LogP contribution in [-0.2, 0) is 4.79 Å². The van der Waals surface area contributed by atoms with E-state index in [9.17, 15) is 4.79 Å². The molecule has 16 heavy (non-hydrogen) atoms. The Labute approximate surface area is 106 Å². The fraction of sp³-hybridized carbons (Fsp3) is 0.917. The average molecular weight is 247 g/mol. The van der Waals surface area contributed by atoms with E-state index >= 15 is 0 Å². The maximum atomic E-state index is 11.8. The molecular formula is C12H26N2OS. The summed E-state index contributed by atoms with van der Waals surface area (Å²) in [7, 11) is 3.10. The molecule has 3 nitrogen and oxygen atoms in total. The third-order valence-electron chi connectivity index (χ3n) is 2.95. The second-order valence-corrected chi connectivity index (χ2v) is 5.05. The first-order chi connectivity index (χ1) is 8.27. The van der Waals surface area contributed by atoms with Crippen LogP contribution in [0.5, 0.6) is 0 Å². The Kier molecular flexibility index (Phi) is 7.68. The Morgan fingerprint density at radius 1 is 1.50 bits per heavy atom. The third kappa shape index (κ3) is 5.21. The first-order valence-electron chi connectivity index (χ1n) is 6.74. The lowest BCUT2D eigenvalue weighted by Gasteiger charge is -2.25. The Hall–Kier alpha value is -0.220. The molecule has 0 aliphatic heterocycles. The van der Waals surface area contributed by atoms with Crippen LogP contribution in [-0.4, -0.2) is 37.0 Å². The summed E-state index contributed by atoms with van der Waals surface area (Å²) in [4.78, 5) is 11.8. The van der Waals surface area contributed by atoms with Crippen molar-refractivity contribution < 1.29 is 6.17 Å². The number of likely N-dealkylation sites (N-methyl/N-ethyl adjacent to an activating group) is 1. The molecule has 1 aliphatic carbocycles. The summed E-state index contributed by atoms with van der Waals surface area (Å²) in [5.41, 5.74) is 0. The number of hydrogen-bond acceptors (Lipinski definition) is 3. The van der Waals surface area contributed by atoms with Crippen LogP contribution in [0.1, 0.15) is 40.9 Å². The van der Waals surface area contributed by atoms with Crippen LogP contribution in [0.25, 0.3) is 0 Å². The molecule has 0 aromatic carbocycles. The van der Waals surface area contributed by atoms with Gasteiger partial charge in [-0.3, -0.25) is 4.79 Å². The van der Waals surface area contributed by atoms with Crippen molar-refractivity contribution in [1.82, 2.24) is 10.6 Å². The van der Waals surface area contributed by atoms with Gasteiger partial charge in [-0.2, -0.15) is 11.8 Å². The molecule has 1 saturated carbocycles. The summed E-state index contributed by atoms with van der Waals surface area (Å²) < 4.78 is 5.75. The molecule has 0 heterocycles. The van der Waals surface area contributed by atoms with Crippen LogP contribution in [0, 0.1) is 0 Å². The topological polar surface area (TPSA) is 41.1 Å². The van der Waals surface area contributed by atoms with Crippen molar-refractivity contribution in [2.45, 2.75) is 51.6 Å². The Morgan fingerprint density at radius 2 is 2.12 bits per heavy atom. The number of hydrogen-bond donors (Lipinski definition) is 2. The zero-order valence-electron chi connectivity index (χ0n) is 11.7. The first-order valence-corrected chi connectivity index (χ1v) is 7.14. The second kappa shape index (κ2) is 8.88. The van der Waals surface area contributed by atoms with Crippen molar-refractivity contribution >= 4 is 17.7 Å². The Bertz CT molecular complexity index is 199. The van der Waals surface area contributed by atoms with Gasteiger partial charge in [0.25, 0.3) is 0 Å². The zero-order chi connectivity index (χ0) is 13.1. The van der Waals surface area contributed by atoms with E-state index in [2.05, 4.69) is 10.6 Å². The van der Waals surface area contributed by atoms with Gasteiger partial charge in [0.05, 0.1) is 6.04 Å². The van der Waals surface area contributed by atoms with Gasteiger partial charge in [-0.1, -0.05) is 26.7 Å². The van der Waals surface area contributed by atoms with E-state index in [-0.39, 0.29) is 11.9 Å². The lowest BCUT2D eigenvalue weighted by Crippen LogP contribution is -2.48. The minimum atomic E-state index is -0.0399. The summed E-state index contributed by atoms with van der Waals surface area (Å²) >= 11 is 1.70. The minimum absolute atomic E-state index is 0.0399. The maximum Gasteiger partial charge on any atom is 0.238 e. The van der Waals surface area contributed by atoms with Gasteiger partial charge >= 0.3 is 0 Å². The van der Waals surface area contributed by atoms with Gasteiger partial charge < -0.3 is 10.6 Å². The fourth-order valence-corrected chi connectivity index (χ4v) is 2.66. The van der Waals surface area contributed by atoms with Gasteiger partial charge in [0.2, 0.25) is 5.91 Å². The van der Waals surface area contributed by atoms with Crippen LogP contribution in [0.2, 0.25) is 0 Å². The van der Waals surface area contributed by atoms with Gasteiger partial charge in [0.15, 0.2) is 0 Å². The summed E-state index contributed by atoms with van der Waals surface area (Å²) in [5, 5.41) is 6.20. The molecule has 0 aromatic rings. The maximum absolute atomic E-state index is 11.8. The SMILES string of the molecule is CN[C@@H](CSC)C(=O)NC1CCCCC1.[2H]C. The van der Waals surface area contributed by atoms with Gasteiger partial charge in [0, 0.05) is 13.2 Å². The lowest BCUT2D eigenvalue weighted by molar-refractivity contribution is -0.123. The number of carbonyl (C=O) groups is 1. The highest BCUT2D eigenvalue weighted by molar-refractivity contribution is 7.98. The minimum Gasteiger partial charge on any atom is -0.352 e. The monoisotopic (exact) mass is 247 g/mol. The van der Waals surface area contributed by atoms with Crippen molar-refractivity contribution in [2.75, 3.05) is 19.1 Å². The highest BCUT2D eigenvalue weighted by Crippen LogP contribution is 2.17. The summed E-state index contributed by atoms with van der Waals surface area (Å²) in [6, 6.07) is 0.380. The van der Waals surface area contributed by atoms with Gasteiger partial charge in [0.1, 0.15) is 0 Å². The number of carbonyl (C=O) groups excluding carboxylic acids is 1. The number of rotatable bonds is 5. The highest BCUT2D eigenvalue weighted by atomic mass is 32.2. The van der Waals surface area contributed by atoms with Crippen LogP contribution < -0.4 is 10.6 Å². The van der Waals surface area contributed by atoms with Gasteiger partial charge in [-0.05, 0) is 26.1 Å². The molecule has 0 saturated heterocycles. The van der Waals surface area contributed by atoms with E-state index in [1.807, 2.05) is 13.3 Å². The molecule has 0 unspecified atom stereocenters. The zero-order valence-corrected chi connectivity index (χ0v) is 11.5. The molecule has 1 aliphatic rings. The molecule has 1 fully saturated rings. The van der Waals surface area contributed by atoms with E-state index in [1.165, 1.54) is 26.7 Å². The molecule has 1 atom stereocenters. The van der Waals surface area contributed by atoms with Crippen molar-refractivity contribution in [1.29, 1.82) is 0 Å². The van der Waals surface area contributed by atoms with Crippen molar-refractivity contribution in [3.8, 4) is 0 Å². The fourth-order valence-electron chi connectivity index (χ4n) is 2.01. The highest BCUT2D eigenvalue weighted by Gasteiger charge is 2.20. The predicted octanol–water partition coefficient (Wildman–Crippen LogP) is 2.02. The summed E-state index contributed by atoms with van der Waals surface area (Å²) in [6.07, 6.45) is 8.18. The third-order valence-corrected chi connectivity index (χ3v) is 3.62. The molecule has 1 amide bonds. The molecule has 0 spiro atoms. The largest absolute Gasteiger partial charge is 0.352 e. The predicted molar refractivity (Wildman–Crippen MR) is 73.0 cm³/mol. The molecule has 4 heteroatoms. The van der Waals surface area contributed by atoms with E-state index in [4.69, 9.17) is 1.37 Å². The van der Waals surface area contributed by atoms with E-state index in [0.717, 1.165) is 18.6 Å². The van der Waals surface area contributed by atoms with Gasteiger partial charge in [-0.25, -0.2) is 0 Å².